The molecular weight excluding hydrogens is 244 g/mol. The molecular formula is C14H20N2OS. The Kier molecular flexibility index (Phi) is 5.28. The van der Waals surface area contributed by atoms with Crippen molar-refractivity contribution in [3.8, 4) is 0 Å². The van der Waals surface area contributed by atoms with Gasteiger partial charge in [-0.1, -0.05) is 43.3 Å². The molecule has 0 radical (unpaired) electrons. The highest BCUT2D eigenvalue weighted by Gasteiger charge is 2.16. The fourth-order valence-electron chi connectivity index (χ4n) is 1.88. The Morgan fingerprint density at radius 3 is 2.61 bits per heavy atom. The van der Waals surface area contributed by atoms with E-state index in [4.69, 9.17) is 18.0 Å². The van der Waals surface area contributed by atoms with Gasteiger partial charge in [0.05, 0.1) is 11.0 Å². The Hall–Kier alpha value is -1.42. The molecule has 0 heterocycles. The van der Waals surface area contributed by atoms with Crippen molar-refractivity contribution in [2.75, 3.05) is 0 Å². The Bertz CT molecular complexity index is 457. The number of hydrogen-bond donors (Lipinski definition) is 2. The molecule has 98 valence electrons. The second-order valence-electron chi connectivity index (χ2n) is 4.54. The summed E-state index contributed by atoms with van der Waals surface area (Å²) in [5.41, 5.74) is 8.41. The summed E-state index contributed by atoms with van der Waals surface area (Å²) < 4.78 is 0. The molecule has 1 rings (SSSR count). The molecule has 3 nitrogen and oxygen atoms in total. The SMILES string of the molecule is CCCC(NC(=O)c1ccc(C)cc1C)C(N)=S. The summed E-state index contributed by atoms with van der Waals surface area (Å²) in [4.78, 5) is 12.5. The van der Waals surface area contributed by atoms with Crippen molar-refractivity contribution in [3.63, 3.8) is 0 Å². The lowest BCUT2D eigenvalue weighted by molar-refractivity contribution is 0.0945. The van der Waals surface area contributed by atoms with Crippen LogP contribution in [0.1, 0.15) is 41.3 Å². The highest BCUT2D eigenvalue weighted by molar-refractivity contribution is 7.80. The standard InChI is InChI=1S/C14H20N2OS/c1-4-5-12(13(15)18)16-14(17)11-7-6-9(2)8-10(11)3/h6-8,12H,4-5H2,1-3H3,(H2,15,18)(H,16,17). The molecule has 0 aliphatic rings. The minimum Gasteiger partial charge on any atom is -0.392 e. The zero-order valence-electron chi connectivity index (χ0n) is 11.1. The molecule has 0 bridgehead atoms. The van der Waals surface area contributed by atoms with Gasteiger partial charge in [0, 0.05) is 5.56 Å². The van der Waals surface area contributed by atoms with Crippen LogP contribution in [0.2, 0.25) is 0 Å². The quantitative estimate of drug-likeness (QED) is 0.803. The molecule has 0 fully saturated rings. The summed E-state index contributed by atoms with van der Waals surface area (Å²) in [6, 6.07) is 5.53. The molecule has 1 aromatic rings. The van der Waals surface area contributed by atoms with Crippen LogP contribution in [0.4, 0.5) is 0 Å². The summed E-state index contributed by atoms with van der Waals surface area (Å²) in [6.07, 6.45) is 1.70. The third-order valence-electron chi connectivity index (χ3n) is 2.85. The molecule has 4 heteroatoms. The number of carbonyl (C=O) groups excluding carboxylic acids is 1. The lowest BCUT2D eigenvalue weighted by atomic mass is 10.0. The maximum Gasteiger partial charge on any atom is 0.252 e. The summed E-state index contributed by atoms with van der Waals surface area (Å²) in [5.74, 6) is -0.112. The van der Waals surface area contributed by atoms with Crippen LogP contribution in [0.15, 0.2) is 18.2 Å². The second kappa shape index (κ2) is 6.50. The van der Waals surface area contributed by atoms with E-state index in [2.05, 4.69) is 5.32 Å². The van der Waals surface area contributed by atoms with Crippen LogP contribution in [-0.2, 0) is 0 Å². The topological polar surface area (TPSA) is 55.1 Å². The lowest BCUT2D eigenvalue weighted by Gasteiger charge is -2.17. The third kappa shape index (κ3) is 3.81. The Morgan fingerprint density at radius 1 is 1.44 bits per heavy atom. The van der Waals surface area contributed by atoms with E-state index in [0.29, 0.717) is 10.6 Å². The van der Waals surface area contributed by atoms with Crippen LogP contribution in [0, 0.1) is 13.8 Å². The first kappa shape index (κ1) is 14.6. The first-order valence-electron chi connectivity index (χ1n) is 6.13. The van der Waals surface area contributed by atoms with Crippen LogP contribution in [0.3, 0.4) is 0 Å². The van der Waals surface area contributed by atoms with Gasteiger partial charge in [-0.05, 0) is 31.9 Å². The summed E-state index contributed by atoms with van der Waals surface area (Å²) in [6.45, 7) is 5.97. The summed E-state index contributed by atoms with van der Waals surface area (Å²) >= 11 is 4.97. The van der Waals surface area contributed by atoms with Crippen molar-refractivity contribution >= 4 is 23.1 Å². The number of hydrogen-bond acceptors (Lipinski definition) is 2. The zero-order valence-corrected chi connectivity index (χ0v) is 11.9. The summed E-state index contributed by atoms with van der Waals surface area (Å²) in [7, 11) is 0. The van der Waals surface area contributed by atoms with Crippen LogP contribution >= 0.6 is 12.2 Å². The molecule has 1 unspecified atom stereocenters. The minimum absolute atomic E-state index is 0.112. The molecule has 1 aromatic carbocycles. The van der Waals surface area contributed by atoms with E-state index in [1.165, 1.54) is 0 Å². The smallest absolute Gasteiger partial charge is 0.252 e. The molecule has 1 atom stereocenters. The molecule has 1 amide bonds. The zero-order chi connectivity index (χ0) is 13.7. The largest absolute Gasteiger partial charge is 0.392 e. The van der Waals surface area contributed by atoms with E-state index in [1.807, 2.05) is 39.0 Å². The van der Waals surface area contributed by atoms with Gasteiger partial charge < -0.3 is 11.1 Å². The fraction of sp³-hybridized carbons (Fsp3) is 0.429. The van der Waals surface area contributed by atoms with Gasteiger partial charge in [0.2, 0.25) is 0 Å². The van der Waals surface area contributed by atoms with Gasteiger partial charge in [0.25, 0.3) is 5.91 Å². The van der Waals surface area contributed by atoms with Gasteiger partial charge in [-0.15, -0.1) is 0 Å². The number of nitrogens with two attached hydrogens (primary N) is 1. The van der Waals surface area contributed by atoms with E-state index in [1.54, 1.807) is 0 Å². The minimum atomic E-state index is -0.224. The number of amides is 1. The number of nitrogens with one attached hydrogen (secondary N) is 1. The normalized spacial score (nSPS) is 11.9. The van der Waals surface area contributed by atoms with Crippen molar-refractivity contribution in [1.82, 2.24) is 5.32 Å². The van der Waals surface area contributed by atoms with Crippen molar-refractivity contribution in [3.05, 3.63) is 34.9 Å². The highest BCUT2D eigenvalue weighted by atomic mass is 32.1. The van der Waals surface area contributed by atoms with Crippen molar-refractivity contribution in [2.45, 2.75) is 39.7 Å². The Labute approximate surface area is 114 Å². The van der Waals surface area contributed by atoms with Crippen molar-refractivity contribution in [2.24, 2.45) is 5.73 Å². The fourth-order valence-corrected chi connectivity index (χ4v) is 2.06. The average Bonchev–Trinajstić information content (AvgIpc) is 2.27. The van der Waals surface area contributed by atoms with Crippen LogP contribution < -0.4 is 11.1 Å². The predicted octanol–water partition coefficient (Wildman–Crippen LogP) is 2.49. The van der Waals surface area contributed by atoms with Crippen molar-refractivity contribution < 1.29 is 4.79 Å². The maximum atomic E-state index is 12.1. The van der Waals surface area contributed by atoms with Crippen molar-refractivity contribution in [1.29, 1.82) is 0 Å². The maximum absolute atomic E-state index is 12.1. The molecule has 3 N–H and O–H groups in total. The lowest BCUT2D eigenvalue weighted by Crippen LogP contribution is -2.43. The van der Waals surface area contributed by atoms with E-state index in [9.17, 15) is 4.79 Å². The Morgan fingerprint density at radius 2 is 2.11 bits per heavy atom. The first-order valence-corrected chi connectivity index (χ1v) is 6.54. The number of benzene rings is 1. The Balaban J connectivity index is 2.83. The molecule has 0 aliphatic heterocycles. The molecule has 0 saturated carbocycles. The van der Waals surface area contributed by atoms with E-state index >= 15 is 0 Å². The van der Waals surface area contributed by atoms with Gasteiger partial charge >= 0.3 is 0 Å². The number of carbonyl (C=O) groups is 1. The molecule has 0 aromatic heterocycles. The monoisotopic (exact) mass is 264 g/mol. The predicted molar refractivity (Wildman–Crippen MR) is 78.9 cm³/mol. The van der Waals surface area contributed by atoms with E-state index in [0.717, 1.165) is 24.0 Å². The first-order chi connectivity index (χ1) is 8.45. The van der Waals surface area contributed by atoms with Crippen LogP contribution in [0.5, 0.6) is 0 Å². The number of thiocarbonyl (C=S) groups is 1. The van der Waals surface area contributed by atoms with Gasteiger partial charge in [-0.2, -0.15) is 0 Å². The van der Waals surface area contributed by atoms with Gasteiger partial charge in [0.1, 0.15) is 0 Å². The number of rotatable bonds is 5. The highest BCUT2D eigenvalue weighted by Crippen LogP contribution is 2.11. The van der Waals surface area contributed by atoms with Crippen LogP contribution in [0.25, 0.3) is 0 Å². The van der Waals surface area contributed by atoms with Gasteiger partial charge in [0.15, 0.2) is 0 Å². The molecule has 0 spiro atoms. The summed E-state index contributed by atoms with van der Waals surface area (Å²) in [5, 5.41) is 2.89. The molecule has 0 saturated heterocycles. The van der Waals surface area contributed by atoms with E-state index < -0.39 is 0 Å². The molecule has 18 heavy (non-hydrogen) atoms. The van der Waals surface area contributed by atoms with E-state index in [-0.39, 0.29) is 11.9 Å². The van der Waals surface area contributed by atoms with Gasteiger partial charge in [-0.25, -0.2) is 0 Å². The second-order valence-corrected chi connectivity index (χ2v) is 5.01. The van der Waals surface area contributed by atoms with Crippen LogP contribution in [-0.4, -0.2) is 16.9 Å². The third-order valence-corrected chi connectivity index (χ3v) is 3.14. The number of aryl methyl sites for hydroxylation is 2. The van der Waals surface area contributed by atoms with Gasteiger partial charge in [-0.3, -0.25) is 4.79 Å². The molecule has 0 aliphatic carbocycles. The average molecular weight is 264 g/mol.